The van der Waals surface area contributed by atoms with Crippen molar-refractivity contribution in [2.24, 2.45) is 0 Å². The van der Waals surface area contributed by atoms with E-state index in [2.05, 4.69) is 23.3 Å². The number of thiophene rings is 1. The molecule has 0 spiro atoms. The van der Waals surface area contributed by atoms with E-state index in [4.69, 9.17) is 0 Å². The molecule has 20 heavy (non-hydrogen) atoms. The summed E-state index contributed by atoms with van der Waals surface area (Å²) in [4.78, 5) is 16.2. The third-order valence-corrected chi connectivity index (χ3v) is 5.09. The number of hydrogen-bond donors (Lipinski definition) is 0. The molecular weight excluding hydrogens is 266 g/mol. The molecule has 2 nitrogen and oxygen atoms in total. The average Bonchev–Trinajstić information content (AvgIpc) is 2.91. The molecule has 3 rings (SSSR count). The second-order valence-electron chi connectivity index (χ2n) is 5.49. The molecule has 1 aromatic heterocycles. The van der Waals surface area contributed by atoms with Crippen molar-refractivity contribution >= 4 is 17.1 Å². The number of carbonyl (C=O) groups is 1. The Hall–Kier alpha value is -1.45. The fraction of sp³-hybridized carbons (Fsp3) is 0.353. The number of hydrogen-bond acceptors (Lipinski definition) is 3. The zero-order chi connectivity index (χ0) is 14.1. The summed E-state index contributed by atoms with van der Waals surface area (Å²) in [7, 11) is 0. The zero-order valence-electron chi connectivity index (χ0n) is 11.9. The lowest BCUT2D eigenvalue weighted by Crippen LogP contribution is -2.37. The standard InChI is InChI=1S/C17H19NOS/c1-12-4-3-5-14(10-12)16(19)11-18-8-6-17-15(13(18)2)7-9-20-17/h3-5,7,9-10,13H,6,8,11H2,1-2H3. The van der Waals surface area contributed by atoms with E-state index in [-0.39, 0.29) is 5.78 Å². The molecule has 0 radical (unpaired) electrons. The molecule has 1 atom stereocenters. The van der Waals surface area contributed by atoms with Crippen molar-refractivity contribution in [3.63, 3.8) is 0 Å². The van der Waals surface area contributed by atoms with Crippen LogP contribution in [0.5, 0.6) is 0 Å². The van der Waals surface area contributed by atoms with Gasteiger partial charge in [0, 0.05) is 23.0 Å². The highest BCUT2D eigenvalue weighted by Crippen LogP contribution is 2.32. The first-order valence-electron chi connectivity index (χ1n) is 7.05. The van der Waals surface area contributed by atoms with Crippen molar-refractivity contribution in [2.45, 2.75) is 26.3 Å². The Balaban J connectivity index is 1.74. The summed E-state index contributed by atoms with van der Waals surface area (Å²) >= 11 is 1.84. The van der Waals surface area contributed by atoms with Crippen molar-refractivity contribution in [2.75, 3.05) is 13.1 Å². The molecule has 0 fully saturated rings. The van der Waals surface area contributed by atoms with E-state index in [9.17, 15) is 4.79 Å². The van der Waals surface area contributed by atoms with Gasteiger partial charge in [-0.2, -0.15) is 0 Å². The van der Waals surface area contributed by atoms with E-state index in [1.807, 2.05) is 42.5 Å². The quantitative estimate of drug-likeness (QED) is 0.798. The minimum atomic E-state index is 0.222. The summed E-state index contributed by atoms with van der Waals surface area (Å²) in [5.74, 6) is 0.222. The Kier molecular flexibility index (Phi) is 3.72. The molecule has 1 unspecified atom stereocenters. The second-order valence-corrected chi connectivity index (χ2v) is 6.49. The van der Waals surface area contributed by atoms with Gasteiger partial charge >= 0.3 is 0 Å². The molecule has 2 aromatic rings. The zero-order valence-corrected chi connectivity index (χ0v) is 12.7. The highest BCUT2D eigenvalue weighted by molar-refractivity contribution is 7.10. The van der Waals surface area contributed by atoms with Crippen molar-refractivity contribution in [1.29, 1.82) is 0 Å². The fourth-order valence-electron chi connectivity index (χ4n) is 2.87. The normalized spacial score (nSPS) is 18.8. The molecule has 0 bridgehead atoms. The lowest BCUT2D eigenvalue weighted by molar-refractivity contribution is 0.0891. The number of ketones is 1. The number of nitrogens with zero attached hydrogens (tertiary/aromatic N) is 1. The Labute approximate surface area is 124 Å². The van der Waals surface area contributed by atoms with Gasteiger partial charge in [-0.3, -0.25) is 9.69 Å². The number of rotatable bonds is 3. The first-order valence-corrected chi connectivity index (χ1v) is 7.93. The smallest absolute Gasteiger partial charge is 0.176 e. The van der Waals surface area contributed by atoms with E-state index in [0.29, 0.717) is 12.6 Å². The molecule has 0 saturated heterocycles. The Morgan fingerprint density at radius 2 is 2.25 bits per heavy atom. The highest BCUT2D eigenvalue weighted by atomic mass is 32.1. The van der Waals surface area contributed by atoms with E-state index in [0.717, 1.165) is 24.1 Å². The molecule has 2 heterocycles. The van der Waals surface area contributed by atoms with Gasteiger partial charge in [-0.15, -0.1) is 11.3 Å². The van der Waals surface area contributed by atoms with Crippen LogP contribution in [0, 0.1) is 6.92 Å². The van der Waals surface area contributed by atoms with Crippen LogP contribution in [0.15, 0.2) is 35.7 Å². The van der Waals surface area contributed by atoms with Crippen LogP contribution < -0.4 is 0 Å². The fourth-order valence-corrected chi connectivity index (χ4v) is 3.83. The van der Waals surface area contributed by atoms with Crippen molar-refractivity contribution in [3.05, 3.63) is 57.3 Å². The summed E-state index contributed by atoms with van der Waals surface area (Å²) < 4.78 is 0. The third kappa shape index (κ3) is 2.56. The van der Waals surface area contributed by atoms with Crippen molar-refractivity contribution in [3.8, 4) is 0 Å². The molecule has 1 aliphatic rings. The molecule has 0 saturated carbocycles. The number of Topliss-reactive ketones (excluding diaryl/α,β-unsaturated/α-hetero) is 1. The Bertz CT molecular complexity index is 631. The monoisotopic (exact) mass is 285 g/mol. The number of fused-ring (bicyclic) bond motifs is 1. The minimum absolute atomic E-state index is 0.222. The van der Waals surface area contributed by atoms with Gasteiger partial charge in [0.25, 0.3) is 0 Å². The minimum Gasteiger partial charge on any atom is -0.293 e. The molecule has 0 aliphatic carbocycles. The van der Waals surface area contributed by atoms with Crippen LogP contribution in [0.25, 0.3) is 0 Å². The maximum absolute atomic E-state index is 12.4. The van der Waals surface area contributed by atoms with Crippen LogP contribution in [0.2, 0.25) is 0 Å². The molecular formula is C17H19NOS. The van der Waals surface area contributed by atoms with E-state index in [1.54, 1.807) is 0 Å². The van der Waals surface area contributed by atoms with E-state index >= 15 is 0 Å². The topological polar surface area (TPSA) is 20.3 Å². The van der Waals surface area contributed by atoms with Crippen LogP contribution in [-0.2, 0) is 6.42 Å². The lowest BCUT2D eigenvalue weighted by atomic mass is 10.00. The van der Waals surface area contributed by atoms with Gasteiger partial charge in [0.05, 0.1) is 6.54 Å². The molecule has 1 aliphatic heterocycles. The van der Waals surface area contributed by atoms with Crippen molar-refractivity contribution in [1.82, 2.24) is 4.90 Å². The molecule has 0 amide bonds. The van der Waals surface area contributed by atoms with Gasteiger partial charge in [-0.25, -0.2) is 0 Å². The summed E-state index contributed by atoms with van der Waals surface area (Å²) in [6.07, 6.45) is 1.07. The maximum atomic E-state index is 12.4. The first-order chi connectivity index (χ1) is 9.65. The molecule has 0 N–H and O–H groups in total. The SMILES string of the molecule is Cc1cccc(C(=O)CN2CCc3sccc3C2C)c1. The summed E-state index contributed by atoms with van der Waals surface area (Å²) in [6.45, 7) is 5.72. The molecule has 1 aromatic carbocycles. The van der Waals surface area contributed by atoms with Gasteiger partial charge in [0.15, 0.2) is 5.78 Å². The summed E-state index contributed by atoms with van der Waals surface area (Å²) in [5, 5.41) is 2.16. The first kappa shape index (κ1) is 13.5. The van der Waals surface area contributed by atoms with E-state index in [1.165, 1.54) is 10.4 Å². The van der Waals surface area contributed by atoms with E-state index < -0.39 is 0 Å². The molecule has 104 valence electrons. The summed E-state index contributed by atoms with van der Waals surface area (Å²) in [5.41, 5.74) is 3.37. The predicted molar refractivity (Wildman–Crippen MR) is 83.5 cm³/mol. The summed E-state index contributed by atoms with van der Waals surface area (Å²) in [6, 6.07) is 10.4. The lowest BCUT2D eigenvalue weighted by Gasteiger charge is -2.33. The van der Waals surface area contributed by atoms with Gasteiger partial charge in [-0.1, -0.05) is 23.8 Å². The predicted octanol–water partition coefficient (Wildman–Crippen LogP) is 3.86. The largest absolute Gasteiger partial charge is 0.293 e. The Morgan fingerprint density at radius 1 is 1.40 bits per heavy atom. The molecule has 3 heteroatoms. The highest BCUT2D eigenvalue weighted by Gasteiger charge is 2.26. The van der Waals surface area contributed by atoms with Crippen LogP contribution in [0.1, 0.15) is 39.3 Å². The van der Waals surface area contributed by atoms with Crippen molar-refractivity contribution < 1.29 is 4.79 Å². The Morgan fingerprint density at radius 3 is 3.05 bits per heavy atom. The van der Waals surface area contributed by atoms with Gasteiger partial charge in [0.2, 0.25) is 0 Å². The van der Waals surface area contributed by atoms with Crippen LogP contribution >= 0.6 is 11.3 Å². The van der Waals surface area contributed by atoms with Gasteiger partial charge in [-0.05, 0) is 43.3 Å². The van der Waals surface area contributed by atoms with Gasteiger partial charge in [0.1, 0.15) is 0 Å². The average molecular weight is 285 g/mol. The second kappa shape index (κ2) is 5.51. The van der Waals surface area contributed by atoms with Crippen LogP contribution in [-0.4, -0.2) is 23.8 Å². The third-order valence-electron chi connectivity index (χ3n) is 4.09. The number of benzene rings is 1. The number of aryl methyl sites for hydroxylation is 1. The van der Waals surface area contributed by atoms with Crippen LogP contribution in [0.4, 0.5) is 0 Å². The van der Waals surface area contributed by atoms with Gasteiger partial charge < -0.3 is 0 Å². The number of carbonyl (C=O) groups excluding carboxylic acids is 1. The van der Waals surface area contributed by atoms with Crippen LogP contribution in [0.3, 0.4) is 0 Å². The maximum Gasteiger partial charge on any atom is 0.176 e.